The van der Waals surface area contributed by atoms with Gasteiger partial charge in [0.1, 0.15) is 0 Å². The van der Waals surface area contributed by atoms with E-state index in [9.17, 15) is 0 Å². The van der Waals surface area contributed by atoms with Crippen molar-refractivity contribution in [1.82, 2.24) is 4.98 Å². The lowest BCUT2D eigenvalue weighted by atomic mass is 10.2. The number of aliphatic hydroxyl groups excluding tert-OH is 1. The first-order valence-electron chi connectivity index (χ1n) is 3.78. The molecule has 1 aromatic carbocycles. The summed E-state index contributed by atoms with van der Waals surface area (Å²) in [5.41, 5.74) is 1.90. The second-order valence-electron chi connectivity index (χ2n) is 2.81. The normalized spacial score (nSPS) is 11.0. The average Bonchev–Trinajstić information content (AvgIpc) is 2.48. The predicted octanol–water partition coefficient (Wildman–Crippen LogP) is 3.03. The standard InChI is InChI=1S/C9H7BrINO/c10-7-3-9-5(2-8(7)11)1-6(4-13)12-9/h1-3,12-13H,4H2. The Morgan fingerprint density at radius 1 is 1.38 bits per heavy atom. The van der Waals surface area contributed by atoms with Crippen molar-refractivity contribution in [2.75, 3.05) is 0 Å². The lowest BCUT2D eigenvalue weighted by molar-refractivity contribution is 0.278. The number of aromatic amines is 1. The highest BCUT2D eigenvalue weighted by Crippen LogP contribution is 2.25. The van der Waals surface area contributed by atoms with Crippen molar-refractivity contribution < 1.29 is 5.11 Å². The molecule has 0 atom stereocenters. The summed E-state index contributed by atoms with van der Waals surface area (Å²) >= 11 is 5.73. The van der Waals surface area contributed by atoms with Crippen molar-refractivity contribution in [3.63, 3.8) is 0 Å². The van der Waals surface area contributed by atoms with Crippen LogP contribution in [0.5, 0.6) is 0 Å². The Hall–Kier alpha value is -0.0700. The summed E-state index contributed by atoms with van der Waals surface area (Å²) < 4.78 is 2.25. The van der Waals surface area contributed by atoms with E-state index in [2.05, 4.69) is 49.6 Å². The van der Waals surface area contributed by atoms with Crippen LogP contribution in [0.25, 0.3) is 10.9 Å². The first kappa shape index (κ1) is 9.48. The summed E-state index contributed by atoms with van der Waals surface area (Å²) in [7, 11) is 0. The van der Waals surface area contributed by atoms with Crippen LogP contribution in [-0.4, -0.2) is 10.1 Å². The minimum atomic E-state index is 0.0584. The van der Waals surface area contributed by atoms with Gasteiger partial charge in [0.15, 0.2) is 0 Å². The summed E-state index contributed by atoms with van der Waals surface area (Å²) in [5.74, 6) is 0. The summed E-state index contributed by atoms with van der Waals surface area (Å²) in [4.78, 5) is 3.13. The number of aliphatic hydroxyl groups is 1. The third-order valence-electron chi connectivity index (χ3n) is 1.89. The fraction of sp³-hybridized carbons (Fsp3) is 0.111. The fourth-order valence-electron chi connectivity index (χ4n) is 1.27. The lowest BCUT2D eigenvalue weighted by Crippen LogP contribution is -1.79. The molecule has 2 nitrogen and oxygen atoms in total. The van der Waals surface area contributed by atoms with E-state index in [1.807, 2.05) is 12.1 Å². The Kier molecular flexibility index (Phi) is 2.62. The summed E-state index contributed by atoms with van der Waals surface area (Å²) in [6.07, 6.45) is 0. The van der Waals surface area contributed by atoms with E-state index in [0.29, 0.717) is 0 Å². The molecular formula is C9H7BrINO. The van der Waals surface area contributed by atoms with Gasteiger partial charge in [-0.1, -0.05) is 0 Å². The molecule has 0 saturated carbocycles. The quantitative estimate of drug-likeness (QED) is 0.761. The highest BCUT2D eigenvalue weighted by Gasteiger charge is 2.03. The van der Waals surface area contributed by atoms with E-state index in [4.69, 9.17) is 5.11 Å². The second kappa shape index (κ2) is 3.59. The molecule has 0 aliphatic heterocycles. The first-order chi connectivity index (χ1) is 6.20. The Balaban J connectivity index is 2.70. The second-order valence-corrected chi connectivity index (χ2v) is 4.82. The van der Waals surface area contributed by atoms with Crippen LogP contribution in [0.2, 0.25) is 0 Å². The van der Waals surface area contributed by atoms with Gasteiger partial charge in [0.25, 0.3) is 0 Å². The molecule has 0 amide bonds. The van der Waals surface area contributed by atoms with Gasteiger partial charge in [-0.15, -0.1) is 0 Å². The molecule has 2 rings (SSSR count). The molecule has 13 heavy (non-hydrogen) atoms. The van der Waals surface area contributed by atoms with Gasteiger partial charge in [0, 0.05) is 24.6 Å². The zero-order valence-corrected chi connectivity index (χ0v) is 10.4. The number of nitrogens with one attached hydrogen (secondary N) is 1. The van der Waals surface area contributed by atoms with Crippen LogP contribution in [-0.2, 0) is 6.61 Å². The van der Waals surface area contributed by atoms with Crippen LogP contribution in [0.15, 0.2) is 22.7 Å². The Morgan fingerprint density at radius 3 is 2.85 bits per heavy atom. The van der Waals surface area contributed by atoms with Crippen molar-refractivity contribution in [2.24, 2.45) is 0 Å². The molecule has 0 fully saturated rings. The average molecular weight is 352 g/mol. The molecule has 0 unspecified atom stereocenters. The van der Waals surface area contributed by atoms with Crippen LogP contribution in [0.3, 0.4) is 0 Å². The van der Waals surface area contributed by atoms with Crippen molar-refractivity contribution in [3.8, 4) is 0 Å². The molecule has 2 aromatic rings. The topological polar surface area (TPSA) is 36.0 Å². The maximum absolute atomic E-state index is 8.93. The highest BCUT2D eigenvalue weighted by molar-refractivity contribution is 14.1. The number of benzene rings is 1. The minimum Gasteiger partial charge on any atom is -0.390 e. The van der Waals surface area contributed by atoms with Gasteiger partial charge in [-0.3, -0.25) is 0 Å². The van der Waals surface area contributed by atoms with Crippen LogP contribution in [0, 0.1) is 3.57 Å². The summed E-state index contributed by atoms with van der Waals surface area (Å²) in [6, 6.07) is 6.07. The summed E-state index contributed by atoms with van der Waals surface area (Å²) in [6.45, 7) is 0.0584. The molecule has 4 heteroatoms. The minimum absolute atomic E-state index is 0.0584. The summed E-state index contributed by atoms with van der Waals surface area (Å²) in [5, 5.41) is 10.1. The molecule has 0 aliphatic carbocycles. The molecule has 2 N–H and O–H groups in total. The lowest BCUT2D eigenvalue weighted by Gasteiger charge is -1.95. The number of rotatable bonds is 1. The zero-order valence-electron chi connectivity index (χ0n) is 6.64. The van der Waals surface area contributed by atoms with Crippen LogP contribution >= 0.6 is 38.5 Å². The Morgan fingerprint density at radius 2 is 2.15 bits per heavy atom. The van der Waals surface area contributed by atoms with Crippen molar-refractivity contribution in [2.45, 2.75) is 6.61 Å². The number of halogens is 2. The van der Waals surface area contributed by atoms with Gasteiger partial charge >= 0.3 is 0 Å². The van der Waals surface area contributed by atoms with E-state index in [1.54, 1.807) is 0 Å². The van der Waals surface area contributed by atoms with Gasteiger partial charge in [0.2, 0.25) is 0 Å². The first-order valence-corrected chi connectivity index (χ1v) is 5.65. The molecule has 68 valence electrons. The van der Waals surface area contributed by atoms with Crippen LogP contribution in [0.1, 0.15) is 5.69 Å². The zero-order chi connectivity index (χ0) is 9.42. The number of hydrogen-bond acceptors (Lipinski definition) is 1. The third kappa shape index (κ3) is 1.75. The van der Waals surface area contributed by atoms with Crippen molar-refractivity contribution in [1.29, 1.82) is 0 Å². The van der Waals surface area contributed by atoms with E-state index in [-0.39, 0.29) is 6.61 Å². The number of aromatic nitrogens is 1. The smallest absolute Gasteiger partial charge is 0.0831 e. The van der Waals surface area contributed by atoms with Crippen LogP contribution in [0.4, 0.5) is 0 Å². The van der Waals surface area contributed by atoms with Crippen molar-refractivity contribution >= 4 is 49.4 Å². The maximum Gasteiger partial charge on any atom is 0.0831 e. The fourth-order valence-corrected chi connectivity index (χ4v) is 2.11. The Bertz CT molecular complexity index is 413. The van der Waals surface area contributed by atoms with Gasteiger partial charge in [0.05, 0.1) is 6.61 Å². The molecule has 0 saturated heterocycles. The third-order valence-corrected chi connectivity index (χ3v) is 4.18. The number of H-pyrrole nitrogens is 1. The predicted molar refractivity (Wildman–Crippen MR) is 64.6 cm³/mol. The van der Waals surface area contributed by atoms with E-state index in [0.717, 1.165) is 21.1 Å². The molecular weight excluding hydrogens is 345 g/mol. The molecule has 1 aromatic heterocycles. The molecule has 0 spiro atoms. The Labute approximate surface area is 97.6 Å². The molecule has 0 radical (unpaired) electrons. The number of hydrogen-bond donors (Lipinski definition) is 2. The highest BCUT2D eigenvalue weighted by atomic mass is 127. The van der Waals surface area contributed by atoms with Crippen molar-refractivity contribution in [3.05, 3.63) is 31.9 Å². The van der Waals surface area contributed by atoms with Gasteiger partial charge in [-0.25, -0.2) is 0 Å². The maximum atomic E-state index is 8.93. The largest absolute Gasteiger partial charge is 0.390 e. The molecule has 1 heterocycles. The van der Waals surface area contributed by atoms with Gasteiger partial charge in [-0.05, 0) is 56.7 Å². The van der Waals surface area contributed by atoms with E-state index in [1.165, 1.54) is 3.57 Å². The van der Waals surface area contributed by atoms with Crippen LogP contribution < -0.4 is 0 Å². The molecule has 0 bridgehead atoms. The SMILES string of the molecule is OCc1cc2cc(I)c(Br)cc2[nH]1. The molecule has 0 aliphatic rings. The number of fused-ring (bicyclic) bond motifs is 1. The van der Waals surface area contributed by atoms with E-state index < -0.39 is 0 Å². The van der Waals surface area contributed by atoms with Gasteiger partial charge < -0.3 is 10.1 Å². The monoisotopic (exact) mass is 351 g/mol. The van der Waals surface area contributed by atoms with Gasteiger partial charge in [-0.2, -0.15) is 0 Å². The van der Waals surface area contributed by atoms with E-state index >= 15 is 0 Å².